The molecule has 0 bridgehead atoms. The van der Waals surface area contributed by atoms with Gasteiger partial charge >= 0.3 is 0 Å². The molecule has 0 amide bonds. The average Bonchev–Trinajstić information content (AvgIpc) is 2.69. The molecule has 0 fully saturated rings. The molecule has 7 heteroatoms. The minimum absolute atomic E-state index is 0. The highest BCUT2D eigenvalue weighted by molar-refractivity contribution is 14.0. The summed E-state index contributed by atoms with van der Waals surface area (Å²) in [6.07, 6.45) is 0.912. The van der Waals surface area contributed by atoms with Gasteiger partial charge in [0.2, 0.25) is 0 Å². The number of halogens is 2. The first-order valence-electron chi connectivity index (χ1n) is 9.11. The van der Waals surface area contributed by atoms with E-state index in [-0.39, 0.29) is 29.8 Å². The largest absolute Gasteiger partial charge is 0.497 e. The topological polar surface area (TPSA) is 48.9 Å². The number of likely N-dealkylation sites (N-methyl/N-ethyl adjacent to an activating group) is 1. The molecule has 154 valence electrons. The van der Waals surface area contributed by atoms with Gasteiger partial charge in [-0.2, -0.15) is 0 Å². The third-order valence-electron chi connectivity index (χ3n) is 4.24. The number of methoxy groups -OCH3 is 1. The molecule has 0 aliphatic heterocycles. The van der Waals surface area contributed by atoms with Crippen molar-refractivity contribution < 1.29 is 9.13 Å². The number of guanidine groups is 1. The molecule has 0 aliphatic rings. The Kier molecular flexibility index (Phi) is 11.5. The molecule has 0 unspecified atom stereocenters. The molecule has 0 spiro atoms. The van der Waals surface area contributed by atoms with Crippen LogP contribution in [0.25, 0.3) is 0 Å². The molecule has 0 saturated heterocycles. The lowest BCUT2D eigenvalue weighted by Gasteiger charge is -2.18. The highest BCUT2D eigenvalue weighted by Gasteiger charge is 2.03. The van der Waals surface area contributed by atoms with Gasteiger partial charge in [-0.05, 0) is 48.9 Å². The second-order valence-corrected chi connectivity index (χ2v) is 6.39. The van der Waals surface area contributed by atoms with Gasteiger partial charge in [0.05, 0.1) is 7.11 Å². The summed E-state index contributed by atoms with van der Waals surface area (Å²) in [6.45, 7) is 3.22. The van der Waals surface area contributed by atoms with E-state index in [4.69, 9.17) is 4.74 Å². The third kappa shape index (κ3) is 8.88. The first-order valence-corrected chi connectivity index (χ1v) is 9.11. The van der Waals surface area contributed by atoms with E-state index in [1.165, 1.54) is 17.7 Å². The van der Waals surface area contributed by atoms with Crippen LogP contribution in [0.1, 0.15) is 11.1 Å². The van der Waals surface area contributed by atoms with Crippen LogP contribution >= 0.6 is 24.0 Å². The van der Waals surface area contributed by atoms with Gasteiger partial charge in [-0.1, -0.05) is 24.3 Å². The Morgan fingerprint density at radius 1 is 1.00 bits per heavy atom. The molecule has 0 aromatic heterocycles. The van der Waals surface area contributed by atoms with Crippen molar-refractivity contribution in [2.24, 2.45) is 4.99 Å². The zero-order valence-electron chi connectivity index (χ0n) is 16.7. The Morgan fingerprint density at radius 2 is 1.61 bits per heavy atom. The zero-order chi connectivity index (χ0) is 19.5. The Hall–Kier alpha value is -1.87. The molecule has 0 saturated carbocycles. The minimum atomic E-state index is -0.201. The lowest BCUT2D eigenvalue weighted by Crippen LogP contribution is -2.41. The van der Waals surface area contributed by atoms with Crippen molar-refractivity contribution in [2.45, 2.75) is 13.0 Å². The van der Waals surface area contributed by atoms with Gasteiger partial charge < -0.3 is 20.3 Å². The molecule has 2 N–H and O–H groups in total. The molecule has 2 aromatic rings. The van der Waals surface area contributed by atoms with Crippen LogP contribution in [0.5, 0.6) is 5.75 Å². The van der Waals surface area contributed by atoms with Crippen LogP contribution in [0.3, 0.4) is 0 Å². The van der Waals surface area contributed by atoms with Crippen molar-refractivity contribution in [1.29, 1.82) is 0 Å². The normalized spacial score (nSPS) is 11.1. The summed E-state index contributed by atoms with van der Waals surface area (Å²) in [5.74, 6) is 1.46. The maximum absolute atomic E-state index is 12.9. The summed E-state index contributed by atoms with van der Waals surface area (Å²) >= 11 is 0. The van der Waals surface area contributed by atoms with Gasteiger partial charge in [0.1, 0.15) is 11.6 Å². The van der Waals surface area contributed by atoms with Gasteiger partial charge in [0.15, 0.2) is 5.96 Å². The van der Waals surface area contributed by atoms with E-state index in [0.717, 1.165) is 49.9 Å². The molecular formula is C21H30FIN4O. The average molecular weight is 500 g/mol. The lowest BCUT2D eigenvalue weighted by atomic mass is 10.1. The molecule has 0 aliphatic carbocycles. The number of rotatable bonds is 9. The van der Waals surface area contributed by atoms with Crippen LogP contribution in [-0.4, -0.2) is 51.7 Å². The summed E-state index contributed by atoms with van der Waals surface area (Å²) in [7, 11) is 5.49. The standard InChI is InChI=1S/C21H29FN4O.HI/c1-23-21(24-13-12-17-6-10-20(27-3)11-7-17)25-14-15-26(2)16-18-4-8-19(22)9-5-18;/h4-11H,12-16H2,1-3H3,(H2,23,24,25);1H. The summed E-state index contributed by atoms with van der Waals surface area (Å²) < 4.78 is 18.1. The SMILES string of the molecule is CN=C(NCCc1ccc(OC)cc1)NCCN(C)Cc1ccc(F)cc1.I. The van der Waals surface area contributed by atoms with Gasteiger partial charge in [-0.25, -0.2) is 4.39 Å². The van der Waals surface area contributed by atoms with Crippen molar-refractivity contribution in [3.8, 4) is 5.75 Å². The molecular weight excluding hydrogens is 470 g/mol. The number of hydrogen-bond donors (Lipinski definition) is 2. The van der Waals surface area contributed by atoms with E-state index in [1.807, 2.05) is 31.3 Å². The zero-order valence-corrected chi connectivity index (χ0v) is 19.1. The van der Waals surface area contributed by atoms with Gasteiger partial charge in [-0.15, -0.1) is 24.0 Å². The van der Waals surface area contributed by atoms with E-state index < -0.39 is 0 Å². The first-order chi connectivity index (χ1) is 13.1. The molecule has 0 atom stereocenters. The number of nitrogens with one attached hydrogen (secondary N) is 2. The van der Waals surface area contributed by atoms with Gasteiger partial charge in [-0.3, -0.25) is 4.99 Å². The van der Waals surface area contributed by atoms with E-state index in [2.05, 4.69) is 32.7 Å². The summed E-state index contributed by atoms with van der Waals surface area (Å²) in [5.41, 5.74) is 2.35. The maximum Gasteiger partial charge on any atom is 0.191 e. The molecule has 2 aromatic carbocycles. The minimum Gasteiger partial charge on any atom is -0.497 e. The Labute approximate surface area is 184 Å². The van der Waals surface area contributed by atoms with E-state index in [9.17, 15) is 4.39 Å². The predicted octanol–water partition coefficient (Wildman–Crippen LogP) is 3.29. The predicted molar refractivity (Wildman–Crippen MR) is 124 cm³/mol. The summed E-state index contributed by atoms with van der Waals surface area (Å²) in [4.78, 5) is 6.44. The highest BCUT2D eigenvalue weighted by Crippen LogP contribution is 2.11. The Morgan fingerprint density at radius 3 is 2.21 bits per heavy atom. The molecule has 2 rings (SSSR count). The van der Waals surface area contributed by atoms with Crippen LogP contribution in [0, 0.1) is 5.82 Å². The van der Waals surface area contributed by atoms with Gasteiger partial charge in [0, 0.05) is 33.2 Å². The second kappa shape index (κ2) is 13.3. The quantitative estimate of drug-likeness (QED) is 0.315. The first kappa shape index (κ1) is 24.2. The van der Waals surface area contributed by atoms with Crippen LogP contribution in [0.15, 0.2) is 53.5 Å². The van der Waals surface area contributed by atoms with Crippen molar-refractivity contribution in [3.63, 3.8) is 0 Å². The Balaban J connectivity index is 0.00000392. The molecule has 0 radical (unpaired) electrons. The van der Waals surface area contributed by atoms with E-state index in [1.54, 1.807) is 14.2 Å². The van der Waals surface area contributed by atoms with Crippen molar-refractivity contribution in [2.75, 3.05) is 40.8 Å². The van der Waals surface area contributed by atoms with E-state index in [0.29, 0.717) is 0 Å². The fourth-order valence-electron chi connectivity index (χ4n) is 2.68. The van der Waals surface area contributed by atoms with Gasteiger partial charge in [0.25, 0.3) is 0 Å². The maximum atomic E-state index is 12.9. The molecule has 5 nitrogen and oxygen atoms in total. The summed E-state index contributed by atoms with van der Waals surface area (Å²) in [5, 5.41) is 6.64. The number of ether oxygens (including phenoxy) is 1. The Bertz CT molecular complexity index is 707. The molecule has 28 heavy (non-hydrogen) atoms. The fraction of sp³-hybridized carbons (Fsp3) is 0.381. The van der Waals surface area contributed by atoms with Crippen LogP contribution < -0.4 is 15.4 Å². The number of hydrogen-bond acceptors (Lipinski definition) is 3. The number of nitrogens with zero attached hydrogens (tertiary/aromatic N) is 2. The third-order valence-corrected chi connectivity index (χ3v) is 4.24. The monoisotopic (exact) mass is 500 g/mol. The fourth-order valence-corrected chi connectivity index (χ4v) is 2.68. The smallest absolute Gasteiger partial charge is 0.191 e. The van der Waals surface area contributed by atoms with Crippen LogP contribution in [0.2, 0.25) is 0 Å². The molecule has 0 heterocycles. The van der Waals surface area contributed by atoms with Crippen molar-refractivity contribution in [1.82, 2.24) is 15.5 Å². The van der Waals surface area contributed by atoms with Crippen molar-refractivity contribution >= 4 is 29.9 Å². The summed E-state index contributed by atoms with van der Waals surface area (Å²) in [6, 6.07) is 14.7. The van der Waals surface area contributed by atoms with Crippen LogP contribution in [0.4, 0.5) is 4.39 Å². The van der Waals surface area contributed by atoms with Crippen LogP contribution in [-0.2, 0) is 13.0 Å². The highest BCUT2D eigenvalue weighted by atomic mass is 127. The van der Waals surface area contributed by atoms with E-state index >= 15 is 0 Å². The number of aliphatic imine (C=N–C) groups is 1. The van der Waals surface area contributed by atoms with Crippen molar-refractivity contribution in [3.05, 3.63) is 65.5 Å². The second-order valence-electron chi connectivity index (χ2n) is 6.39. The lowest BCUT2D eigenvalue weighted by molar-refractivity contribution is 0.331. The number of benzene rings is 2.